The number of hydrogen-bond acceptors (Lipinski definition) is 5. The van der Waals surface area contributed by atoms with E-state index in [1.54, 1.807) is 24.3 Å². The Morgan fingerprint density at radius 3 is 2.53 bits per heavy atom. The average molecular weight is 440 g/mol. The highest BCUT2D eigenvalue weighted by atomic mass is 16.5. The molecule has 0 spiro atoms. The molecule has 0 saturated carbocycles. The first-order valence-electron chi connectivity index (χ1n) is 11.3. The van der Waals surface area contributed by atoms with Crippen LogP contribution in [0.4, 0.5) is 0 Å². The number of ether oxygens (including phenoxy) is 2. The number of unbranched alkanes of at least 4 members (excludes halogenated alkanes) is 1. The fourth-order valence-corrected chi connectivity index (χ4v) is 3.42. The lowest BCUT2D eigenvalue weighted by Gasteiger charge is -2.26. The maximum Gasteiger partial charge on any atom is 0.251 e. The molecule has 0 atom stereocenters. The van der Waals surface area contributed by atoms with Crippen molar-refractivity contribution in [1.29, 1.82) is 0 Å². The summed E-state index contributed by atoms with van der Waals surface area (Å²) in [5.41, 5.74) is 2.75. The summed E-state index contributed by atoms with van der Waals surface area (Å²) >= 11 is 0. The maximum absolute atomic E-state index is 12.3. The Labute approximate surface area is 190 Å². The Hall–Kier alpha value is -2.90. The van der Waals surface area contributed by atoms with Gasteiger partial charge in [-0.25, -0.2) is 0 Å². The lowest BCUT2D eigenvalue weighted by molar-refractivity contribution is -0.120. The maximum atomic E-state index is 12.3. The number of morpholine rings is 1. The number of nitrogens with zero attached hydrogens (tertiary/aromatic N) is 1. The van der Waals surface area contributed by atoms with Crippen LogP contribution in [0.2, 0.25) is 0 Å². The molecule has 2 N–H and O–H groups in total. The number of benzene rings is 2. The normalized spacial score (nSPS) is 14.0. The van der Waals surface area contributed by atoms with E-state index in [1.807, 2.05) is 12.1 Å². The molecule has 7 nitrogen and oxygen atoms in total. The van der Waals surface area contributed by atoms with Gasteiger partial charge >= 0.3 is 0 Å². The summed E-state index contributed by atoms with van der Waals surface area (Å²) in [5, 5.41) is 5.53. The van der Waals surface area contributed by atoms with Crippen LogP contribution in [0.15, 0.2) is 48.5 Å². The fraction of sp³-hybridized carbons (Fsp3) is 0.440. The molecular formula is C25H33N3O4. The predicted molar refractivity (Wildman–Crippen MR) is 124 cm³/mol. The van der Waals surface area contributed by atoms with Crippen molar-refractivity contribution in [3.8, 4) is 5.75 Å². The highest BCUT2D eigenvalue weighted by molar-refractivity contribution is 5.96. The molecule has 1 aliphatic heterocycles. The lowest BCUT2D eigenvalue weighted by atomic mass is 10.1. The van der Waals surface area contributed by atoms with Crippen LogP contribution in [-0.4, -0.2) is 56.2 Å². The quantitative estimate of drug-likeness (QED) is 0.527. The second-order valence-corrected chi connectivity index (χ2v) is 7.89. The number of carbonyl (C=O) groups is 2. The van der Waals surface area contributed by atoms with Crippen molar-refractivity contribution >= 4 is 11.8 Å². The van der Waals surface area contributed by atoms with Gasteiger partial charge in [-0.05, 0) is 41.8 Å². The summed E-state index contributed by atoms with van der Waals surface area (Å²) in [4.78, 5) is 26.8. The van der Waals surface area contributed by atoms with Crippen molar-refractivity contribution in [1.82, 2.24) is 15.5 Å². The minimum absolute atomic E-state index is 0.0684. The second kappa shape index (κ2) is 12.8. The van der Waals surface area contributed by atoms with Crippen LogP contribution >= 0.6 is 0 Å². The van der Waals surface area contributed by atoms with Crippen LogP contribution in [-0.2, 0) is 22.6 Å². The Balaban J connectivity index is 1.39. The van der Waals surface area contributed by atoms with Gasteiger partial charge in [-0.2, -0.15) is 0 Å². The highest BCUT2D eigenvalue weighted by Gasteiger charge is 2.11. The van der Waals surface area contributed by atoms with Gasteiger partial charge in [0.05, 0.1) is 26.4 Å². The van der Waals surface area contributed by atoms with Gasteiger partial charge in [0.15, 0.2) is 0 Å². The third-order valence-corrected chi connectivity index (χ3v) is 5.28. The van der Waals surface area contributed by atoms with Gasteiger partial charge in [0.1, 0.15) is 5.75 Å². The third kappa shape index (κ3) is 7.98. The highest BCUT2D eigenvalue weighted by Crippen LogP contribution is 2.13. The smallest absolute Gasteiger partial charge is 0.251 e. The minimum atomic E-state index is -0.284. The van der Waals surface area contributed by atoms with E-state index >= 15 is 0 Å². The van der Waals surface area contributed by atoms with E-state index in [0.29, 0.717) is 18.7 Å². The molecule has 0 unspecified atom stereocenters. The van der Waals surface area contributed by atoms with Crippen molar-refractivity contribution in [3.63, 3.8) is 0 Å². The largest absolute Gasteiger partial charge is 0.494 e. The van der Waals surface area contributed by atoms with Crippen LogP contribution in [0, 0.1) is 0 Å². The number of amides is 2. The lowest BCUT2D eigenvalue weighted by Crippen LogP contribution is -2.36. The van der Waals surface area contributed by atoms with Gasteiger partial charge in [-0.15, -0.1) is 0 Å². The molecule has 1 heterocycles. The standard InChI is InChI=1S/C25H33N3O4/c1-2-3-13-32-23-9-7-22(8-10-23)25(30)27-18-24(29)26-17-20-5-4-6-21(16-20)19-28-11-14-31-15-12-28/h4-10,16H,2-3,11-15,17-19H2,1H3,(H,26,29)(H,27,30). The third-order valence-electron chi connectivity index (χ3n) is 5.28. The number of nitrogens with one attached hydrogen (secondary N) is 2. The number of carbonyl (C=O) groups excluding carboxylic acids is 2. The molecule has 1 saturated heterocycles. The molecule has 0 aromatic heterocycles. The minimum Gasteiger partial charge on any atom is -0.494 e. The van der Waals surface area contributed by atoms with E-state index in [9.17, 15) is 9.59 Å². The monoisotopic (exact) mass is 439 g/mol. The number of hydrogen-bond donors (Lipinski definition) is 2. The van der Waals surface area contributed by atoms with Crippen molar-refractivity contribution in [3.05, 3.63) is 65.2 Å². The fourth-order valence-electron chi connectivity index (χ4n) is 3.42. The molecule has 1 fully saturated rings. The molecule has 2 aromatic carbocycles. The van der Waals surface area contributed by atoms with Crippen LogP contribution < -0.4 is 15.4 Å². The molecular weight excluding hydrogens is 406 g/mol. The molecule has 1 aliphatic rings. The number of rotatable bonds is 11. The molecule has 2 amide bonds. The van der Waals surface area contributed by atoms with E-state index in [-0.39, 0.29) is 18.4 Å². The zero-order valence-corrected chi connectivity index (χ0v) is 18.8. The Morgan fingerprint density at radius 1 is 1.03 bits per heavy atom. The summed E-state index contributed by atoms with van der Waals surface area (Å²) in [6.07, 6.45) is 2.07. The Kier molecular flexibility index (Phi) is 9.53. The van der Waals surface area contributed by atoms with E-state index < -0.39 is 0 Å². The van der Waals surface area contributed by atoms with Crippen LogP contribution in [0.3, 0.4) is 0 Å². The summed E-state index contributed by atoms with van der Waals surface area (Å²) in [6, 6.07) is 15.2. The summed E-state index contributed by atoms with van der Waals surface area (Å²) in [7, 11) is 0. The van der Waals surface area contributed by atoms with Gasteiger partial charge < -0.3 is 20.1 Å². The van der Waals surface area contributed by atoms with E-state index in [1.165, 1.54) is 5.56 Å². The average Bonchev–Trinajstić information content (AvgIpc) is 2.83. The van der Waals surface area contributed by atoms with E-state index in [0.717, 1.165) is 57.0 Å². The zero-order valence-electron chi connectivity index (χ0n) is 18.8. The van der Waals surface area contributed by atoms with Gasteiger partial charge in [0.2, 0.25) is 5.91 Å². The predicted octanol–water partition coefficient (Wildman–Crippen LogP) is 2.74. The van der Waals surface area contributed by atoms with Crippen LogP contribution in [0.25, 0.3) is 0 Å². The molecule has 7 heteroatoms. The first-order valence-corrected chi connectivity index (χ1v) is 11.3. The molecule has 2 aromatic rings. The van der Waals surface area contributed by atoms with Gasteiger partial charge in [0, 0.05) is 31.7 Å². The van der Waals surface area contributed by atoms with Crippen molar-refractivity contribution in [2.24, 2.45) is 0 Å². The topological polar surface area (TPSA) is 79.9 Å². The van der Waals surface area contributed by atoms with Gasteiger partial charge in [0.25, 0.3) is 5.91 Å². The summed E-state index contributed by atoms with van der Waals surface area (Å²) in [6.45, 7) is 7.44. The molecule has 32 heavy (non-hydrogen) atoms. The van der Waals surface area contributed by atoms with Crippen molar-refractivity contribution in [2.75, 3.05) is 39.5 Å². The van der Waals surface area contributed by atoms with Crippen LogP contribution in [0.5, 0.6) is 5.75 Å². The Bertz CT molecular complexity index is 864. The second-order valence-electron chi connectivity index (χ2n) is 7.89. The molecule has 0 radical (unpaired) electrons. The van der Waals surface area contributed by atoms with Crippen molar-refractivity contribution < 1.29 is 19.1 Å². The molecule has 172 valence electrons. The van der Waals surface area contributed by atoms with Gasteiger partial charge in [-0.1, -0.05) is 37.6 Å². The molecule has 3 rings (SSSR count). The summed E-state index contributed by atoms with van der Waals surface area (Å²) in [5.74, 6) is 0.229. The van der Waals surface area contributed by atoms with Gasteiger partial charge in [-0.3, -0.25) is 14.5 Å². The molecule has 0 bridgehead atoms. The molecule has 0 aliphatic carbocycles. The van der Waals surface area contributed by atoms with E-state index in [2.05, 4.69) is 34.6 Å². The van der Waals surface area contributed by atoms with Crippen LogP contribution in [0.1, 0.15) is 41.3 Å². The Morgan fingerprint density at radius 2 is 1.78 bits per heavy atom. The van der Waals surface area contributed by atoms with Crippen molar-refractivity contribution in [2.45, 2.75) is 32.9 Å². The first kappa shape index (κ1) is 23.8. The zero-order chi connectivity index (χ0) is 22.6. The van der Waals surface area contributed by atoms with E-state index in [4.69, 9.17) is 9.47 Å². The summed E-state index contributed by atoms with van der Waals surface area (Å²) < 4.78 is 11.0. The first-order chi connectivity index (χ1) is 15.6. The SMILES string of the molecule is CCCCOc1ccc(C(=O)NCC(=O)NCc2cccc(CN3CCOCC3)c2)cc1.